The zero-order valence-electron chi connectivity index (χ0n) is 4.94. The third-order valence-corrected chi connectivity index (χ3v) is 5.04. The van der Waals surface area contributed by atoms with Crippen molar-refractivity contribution in [2.75, 3.05) is 13.2 Å². The van der Waals surface area contributed by atoms with Crippen LogP contribution < -0.4 is 0 Å². The molecule has 0 atom stereocenters. The van der Waals surface area contributed by atoms with Crippen molar-refractivity contribution in [1.82, 2.24) is 0 Å². The minimum absolute atomic E-state index is 0.835. The zero-order valence-corrected chi connectivity index (χ0v) is 10.4. The molecule has 3 heteroatoms. The van der Waals surface area contributed by atoms with Crippen molar-refractivity contribution < 1.29 is 30.8 Å². The molecule has 0 N–H and O–H groups in total. The molecule has 0 fully saturated rings. The minimum atomic E-state index is -1.20. The molecule has 0 saturated carbocycles. The van der Waals surface area contributed by atoms with E-state index in [0.717, 1.165) is 13.2 Å². The molecule has 0 rings (SSSR count). The molecule has 0 aliphatic heterocycles. The quantitative estimate of drug-likeness (QED) is 0.567. The Hall–Kier alpha value is 0.855. The van der Waals surface area contributed by atoms with Crippen molar-refractivity contribution >= 4 is 0 Å². The third-order valence-electron chi connectivity index (χ3n) is 0.575. The van der Waals surface area contributed by atoms with Crippen molar-refractivity contribution in [3.05, 3.63) is 0 Å². The summed E-state index contributed by atoms with van der Waals surface area (Å²) >= 11 is -1.20. The van der Waals surface area contributed by atoms with Crippen LogP contribution in [0.5, 0.6) is 0 Å². The zero-order chi connectivity index (χ0) is 5.54. The first-order chi connectivity index (χ1) is 3.41. The molecular formula is C4H10HgO2. The van der Waals surface area contributed by atoms with Crippen LogP contribution >= 0.6 is 0 Å². The van der Waals surface area contributed by atoms with Gasteiger partial charge in [-0.3, -0.25) is 0 Å². The summed E-state index contributed by atoms with van der Waals surface area (Å²) in [6.45, 7) is 5.67. The van der Waals surface area contributed by atoms with E-state index in [-0.39, 0.29) is 0 Å². The van der Waals surface area contributed by atoms with Crippen LogP contribution in [0.2, 0.25) is 0 Å². The van der Waals surface area contributed by atoms with Gasteiger partial charge in [-0.05, 0) is 0 Å². The maximum atomic E-state index is 5.07. The average Bonchev–Trinajstić information content (AvgIpc) is 1.69. The molecule has 0 radical (unpaired) electrons. The van der Waals surface area contributed by atoms with Gasteiger partial charge in [0.2, 0.25) is 0 Å². The summed E-state index contributed by atoms with van der Waals surface area (Å²) in [6, 6.07) is 0. The van der Waals surface area contributed by atoms with Crippen molar-refractivity contribution in [1.29, 1.82) is 0 Å². The van der Waals surface area contributed by atoms with Crippen LogP contribution in [0.1, 0.15) is 13.8 Å². The van der Waals surface area contributed by atoms with Crippen LogP contribution in [0.4, 0.5) is 0 Å². The van der Waals surface area contributed by atoms with Gasteiger partial charge in [0.1, 0.15) is 0 Å². The molecule has 0 aromatic heterocycles. The molecule has 0 aromatic carbocycles. The standard InChI is InChI=1S/2C2H5O.Hg/c2*1-2-3;/h2*2H2,1H3;/q2*-1;+2. The molecule has 0 saturated heterocycles. The van der Waals surface area contributed by atoms with Gasteiger partial charge in [-0.1, -0.05) is 0 Å². The fourth-order valence-electron chi connectivity index (χ4n) is 0.226. The van der Waals surface area contributed by atoms with Crippen LogP contribution in [0, 0.1) is 0 Å². The molecule has 0 amide bonds. The van der Waals surface area contributed by atoms with Crippen LogP contribution in [0.15, 0.2) is 0 Å². The van der Waals surface area contributed by atoms with Crippen molar-refractivity contribution in [2.45, 2.75) is 13.8 Å². The van der Waals surface area contributed by atoms with Crippen molar-refractivity contribution in [2.24, 2.45) is 0 Å². The van der Waals surface area contributed by atoms with Gasteiger partial charge >= 0.3 is 57.8 Å². The Kier molecular flexibility index (Phi) is 7.69. The van der Waals surface area contributed by atoms with Crippen LogP contribution in [-0.4, -0.2) is 13.2 Å². The summed E-state index contributed by atoms with van der Waals surface area (Å²) in [5.74, 6) is 0. The molecule has 0 aliphatic rings. The molecule has 0 aromatic rings. The summed E-state index contributed by atoms with van der Waals surface area (Å²) < 4.78 is 10.1. The van der Waals surface area contributed by atoms with E-state index >= 15 is 0 Å². The van der Waals surface area contributed by atoms with Gasteiger partial charge in [0.15, 0.2) is 0 Å². The Balaban J connectivity index is 2.45. The van der Waals surface area contributed by atoms with Gasteiger partial charge in [-0.15, -0.1) is 0 Å². The molecule has 2 nitrogen and oxygen atoms in total. The predicted molar refractivity (Wildman–Crippen MR) is 23.3 cm³/mol. The second kappa shape index (κ2) is 6.86. The first-order valence-corrected chi connectivity index (χ1v) is 7.06. The molecule has 0 spiro atoms. The first-order valence-electron chi connectivity index (χ1n) is 2.57. The van der Waals surface area contributed by atoms with Gasteiger partial charge < -0.3 is 0 Å². The topological polar surface area (TPSA) is 18.5 Å². The molecular weight excluding hydrogens is 281 g/mol. The predicted octanol–water partition coefficient (Wildman–Crippen LogP) is 0.972. The van der Waals surface area contributed by atoms with Crippen molar-refractivity contribution in [3.8, 4) is 0 Å². The van der Waals surface area contributed by atoms with E-state index in [1.165, 1.54) is 0 Å². The summed E-state index contributed by atoms with van der Waals surface area (Å²) in [5, 5.41) is 0. The van der Waals surface area contributed by atoms with E-state index in [2.05, 4.69) is 0 Å². The van der Waals surface area contributed by atoms with Gasteiger partial charge in [0.25, 0.3) is 0 Å². The maximum absolute atomic E-state index is 5.07. The van der Waals surface area contributed by atoms with E-state index in [1.807, 2.05) is 13.8 Å². The Labute approximate surface area is 58.0 Å². The summed E-state index contributed by atoms with van der Waals surface area (Å²) in [6.07, 6.45) is 0. The number of hydrogen-bond donors (Lipinski definition) is 0. The van der Waals surface area contributed by atoms with Crippen LogP contribution in [-0.2, 0) is 30.8 Å². The number of hydrogen-bond acceptors (Lipinski definition) is 2. The van der Waals surface area contributed by atoms with E-state index in [0.29, 0.717) is 0 Å². The average molecular weight is 291 g/mol. The van der Waals surface area contributed by atoms with E-state index in [4.69, 9.17) is 5.29 Å². The first kappa shape index (κ1) is 7.86. The van der Waals surface area contributed by atoms with Crippen molar-refractivity contribution in [3.63, 3.8) is 0 Å². The summed E-state index contributed by atoms with van der Waals surface area (Å²) in [7, 11) is 0. The van der Waals surface area contributed by atoms with Gasteiger partial charge in [0.05, 0.1) is 0 Å². The second-order valence-corrected chi connectivity index (χ2v) is 5.19. The Morgan fingerprint density at radius 2 is 1.57 bits per heavy atom. The molecule has 0 unspecified atom stereocenters. The Bertz CT molecular complexity index is 28.9. The van der Waals surface area contributed by atoms with E-state index < -0.39 is 25.5 Å². The molecule has 40 valence electrons. The molecule has 0 bridgehead atoms. The Morgan fingerprint density at radius 3 is 1.86 bits per heavy atom. The van der Waals surface area contributed by atoms with Gasteiger partial charge in [-0.25, -0.2) is 0 Å². The van der Waals surface area contributed by atoms with Crippen LogP contribution in [0.25, 0.3) is 0 Å². The Morgan fingerprint density at radius 1 is 1.14 bits per heavy atom. The third kappa shape index (κ3) is 6.86. The number of rotatable bonds is 4. The normalized spacial score (nSPS) is 8.29. The van der Waals surface area contributed by atoms with Gasteiger partial charge in [0, 0.05) is 0 Å². The molecule has 0 aliphatic carbocycles. The van der Waals surface area contributed by atoms with Gasteiger partial charge in [-0.2, -0.15) is 0 Å². The second-order valence-electron chi connectivity index (χ2n) is 1.10. The fourth-order valence-corrected chi connectivity index (χ4v) is 1.98. The molecule has 7 heavy (non-hydrogen) atoms. The van der Waals surface area contributed by atoms with Crippen LogP contribution in [0.3, 0.4) is 0 Å². The summed E-state index contributed by atoms with van der Waals surface area (Å²) in [4.78, 5) is 0. The molecule has 0 heterocycles. The monoisotopic (exact) mass is 292 g/mol. The van der Waals surface area contributed by atoms with E-state index in [1.54, 1.807) is 0 Å². The van der Waals surface area contributed by atoms with E-state index in [9.17, 15) is 0 Å². The fraction of sp³-hybridized carbons (Fsp3) is 1.00. The SMILES string of the molecule is CC[O][Hg][O]CC. The summed E-state index contributed by atoms with van der Waals surface area (Å²) in [5.41, 5.74) is 0.